The second-order valence-corrected chi connectivity index (χ2v) is 7.32. The van der Waals surface area contributed by atoms with Crippen molar-refractivity contribution in [2.24, 2.45) is 5.92 Å². The number of ether oxygens (including phenoxy) is 2. The van der Waals surface area contributed by atoms with Crippen molar-refractivity contribution in [2.75, 3.05) is 26.4 Å². The van der Waals surface area contributed by atoms with Crippen LogP contribution in [0.25, 0.3) is 0 Å². The second kappa shape index (κ2) is 4.46. The molecule has 18 heavy (non-hydrogen) atoms. The van der Waals surface area contributed by atoms with E-state index in [1.54, 1.807) is 0 Å². The van der Waals surface area contributed by atoms with Gasteiger partial charge in [-0.15, -0.1) is 0 Å². The minimum atomic E-state index is -0.0206. The van der Waals surface area contributed by atoms with Gasteiger partial charge >= 0.3 is 0 Å². The monoisotopic (exact) mass is 253 g/mol. The molecular formula is C15H27NO2. The van der Waals surface area contributed by atoms with Gasteiger partial charge in [-0.3, -0.25) is 4.90 Å². The molecule has 3 heteroatoms. The van der Waals surface area contributed by atoms with Crippen molar-refractivity contribution in [2.45, 2.75) is 63.6 Å². The number of rotatable bonds is 2. The third-order valence-corrected chi connectivity index (χ3v) is 4.90. The summed E-state index contributed by atoms with van der Waals surface area (Å²) in [5.74, 6) is 0.752. The molecule has 0 radical (unpaired) electrons. The van der Waals surface area contributed by atoms with Crippen LogP contribution in [0, 0.1) is 5.92 Å². The number of hydrogen-bond donors (Lipinski definition) is 0. The zero-order valence-corrected chi connectivity index (χ0v) is 12.1. The fourth-order valence-corrected chi connectivity index (χ4v) is 4.14. The molecule has 3 saturated heterocycles. The Morgan fingerprint density at radius 3 is 3.00 bits per heavy atom. The Morgan fingerprint density at radius 1 is 1.39 bits per heavy atom. The standard InChI is InChI=1S/C15H27NO2/c1-14(2,3)18-11-15-6-4-7-16(15)13-5-8-17-10-12(13)9-15/h12-13H,4-11H2,1-3H3. The molecule has 104 valence electrons. The second-order valence-electron chi connectivity index (χ2n) is 7.32. The summed E-state index contributed by atoms with van der Waals surface area (Å²) >= 11 is 0. The highest BCUT2D eigenvalue weighted by molar-refractivity contribution is 5.08. The van der Waals surface area contributed by atoms with E-state index in [4.69, 9.17) is 9.47 Å². The van der Waals surface area contributed by atoms with E-state index in [0.717, 1.165) is 31.8 Å². The van der Waals surface area contributed by atoms with Crippen LogP contribution >= 0.6 is 0 Å². The minimum absolute atomic E-state index is 0.0206. The Balaban J connectivity index is 1.73. The Hall–Kier alpha value is -0.120. The average molecular weight is 253 g/mol. The zero-order chi connectivity index (χ0) is 12.8. The predicted molar refractivity (Wildman–Crippen MR) is 71.7 cm³/mol. The molecule has 3 nitrogen and oxygen atoms in total. The molecule has 3 fully saturated rings. The average Bonchev–Trinajstić information content (AvgIpc) is 2.81. The van der Waals surface area contributed by atoms with Crippen LogP contribution < -0.4 is 0 Å². The van der Waals surface area contributed by atoms with Crippen LogP contribution in [0.1, 0.15) is 46.5 Å². The molecule has 3 rings (SSSR count). The summed E-state index contributed by atoms with van der Waals surface area (Å²) in [6, 6.07) is 0.768. The Kier molecular flexibility index (Phi) is 3.20. The molecule has 0 saturated carbocycles. The maximum Gasteiger partial charge on any atom is 0.0657 e. The van der Waals surface area contributed by atoms with Crippen LogP contribution in [0.2, 0.25) is 0 Å². The van der Waals surface area contributed by atoms with Crippen molar-refractivity contribution >= 4 is 0 Å². The summed E-state index contributed by atoms with van der Waals surface area (Å²) in [4.78, 5) is 2.77. The van der Waals surface area contributed by atoms with Crippen molar-refractivity contribution < 1.29 is 9.47 Å². The van der Waals surface area contributed by atoms with Crippen LogP contribution in [0.4, 0.5) is 0 Å². The Labute approximate surface area is 111 Å². The van der Waals surface area contributed by atoms with Crippen LogP contribution in [0.15, 0.2) is 0 Å². The molecule has 3 unspecified atom stereocenters. The SMILES string of the molecule is CC(C)(C)OCC12CCCN1C1CCOCC1C2. The Bertz CT molecular complexity index is 312. The third kappa shape index (κ3) is 2.21. The van der Waals surface area contributed by atoms with Crippen molar-refractivity contribution in [1.29, 1.82) is 0 Å². The van der Waals surface area contributed by atoms with Crippen molar-refractivity contribution in [3.63, 3.8) is 0 Å². The van der Waals surface area contributed by atoms with Crippen molar-refractivity contribution in [3.8, 4) is 0 Å². The van der Waals surface area contributed by atoms with E-state index in [9.17, 15) is 0 Å². The van der Waals surface area contributed by atoms with Crippen LogP contribution in [0.3, 0.4) is 0 Å². The molecular weight excluding hydrogens is 226 g/mol. The smallest absolute Gasteiger partial charge is 0.0657 e. The number of hydrogen-bond acceptors (Lipinski definition) is 3. The minimum Gasteiger partial charge on any atom is -0.381 e. The quantitative estimate of drug-likeness (QED) is 0.754. The topological polar surface area (TPSA) is 21.7 Å². The molecule has 0 amide bonds. The van der Waals surface area contributed by atoms with Crippen molar-refractivity contribution in [1.82, 2.24) is 4.90 Å². The fourth-order valence-electron chi connectivity index (χ4n) is 4.14. The lowest BCUT2D eigenvalue weighted by molar-refractivity contribution is -0.0584. The molecule has 3 aliphatic rings. The lowest BCUT2D eigenvalue weighted by Crippen LogP contribution is -2.48. The van der Waals surface area contributed by atoms with Gasteiger partial charge < -0.3 is 9.47 Å². The molecule has 0 bridgehead atoms. The molecule has 0 N–H and O–H groups in total. The zero-order valence-electron chi connectivity index (χ0n) is 12.1. The Morgan fingerprint density at radius 2 is 2.22 bits per heavy atom. The van der Waals surface area contributed by atoms with Gasteiger partial charge in [0.2, 0.25) is 0 Å². The van der Waals surface area contributed by atoms with Crippen molar-refractivity contribution in [3.05, 3.63) is 0 Å². The molecule has 3 heterocycles. The van der Waals surface area contributed by atoms with Crippen LogP contribution in [-0.4, -0.2) is 48.4 Å². The highest BCUT2D eigenvalue weighted by Gasteiger charge is 2.54. The normalized spacial score (nSPS) is 40.8. The van der Waals surface area contributed by atoms with Gasteiger partial charge in [0.15, 0.2) is 0 Å². The fraction of sp³-hybridized carbons (Fsp3) is 1.00. The van der Waals surface area contributed by atoms with Gasteiger partial charge in [-0.25, -0.2) is 0 Å². The van der Waals surface area contributed by atoms with Gasteiger partial charge in [0.1, 0.15) is 0 Å². The largest absolute Gasteiger partial charge is 0.381 e. The molecule has 0 aromatic heterocycles. The van der Waals surface area contributed by atoms with E-state index in [1.807, 2.05) is 0 Å². The molecule has 0 aromatic rings. The molecule has 3 atom stereocenters. The van der Waals surface area contributed by atoms with E-state index in [1.165, 1.54) is 32.2 Å². The van der Waals surface area contributed by atoms with E-state index < -0.39 is 0 Å². The first kappa shape index (κ1) is 12.9. The first-order valence-corrected chi connectivity index (χ1v) is 7.49. The highest BCUT2D eigenvalue weighted by Crippen LogP contribution is 2.48. The molecule has 0 aliphatic carbocycles. The highest BCUT2D eigenvalue weighted by atomic mass is 16.5. The summed E-state index contributed by atoms with van der Waals surface area (Å²) in [5, 5.41) is 0. The van der Waals surface area contributed by atoms with E-state index in [-0.39, 0.29) is 5.60 Å². The summed E-state index contributed by atoms with van der Waals surface area (Å²) in [6.07, 6.45) is 5.17. The summed E-state index contributed by atoms with van der Waals surface area (Å²) in [7, 11) is 0. The lowest BCUT2D eigenvalue weighted by atomic mass is 9.88. The van der Waals surface area contributed by atoms with Gasteiger partial charge in [0.25, 0.3) is 0 Å². The van der Waals surface area contributed by atoms with E-state index in [0.29, 0.717) is 5.54 Å². The van der Waals surface area contributed by atoms with Crippen LogP contribution in [0.5, 0.6) is 0 Å². The first-order valence-electron chi connectivity index (χ1n) is 7.49. The third-order valence-electron chi connectivity index (χ3n) is 4.90. The van der Waals surface area contributed by atoms with Gasteiger partial charge in [-0.1, -0.05) is 0 Å². The van der Waals surface area contributed by atoms with Crippen LogP contribution in [-0.2, 0) is 9.47 Å². The van der Waals surface area contributed by atoms with Gasteiger partial charge in [0, 0.05) is 18.2 Å². The maximum absolute atomic E-state index is 6.14. The summed E-state index contributed by atoms with van der Waals surface area (Å²) in [5.41, 5.74) is 0.309. The predicted octanol–water partition coefficient (Wildman–Crippen LogP) is 2.44. The molecule has 0 spiro atoms. The van der Waals surface area contributed by atoms with E-state index >= 15 is 0 Å². The van der Waals surface area contributed by atoms with Gasteiger partial charge in [-0.2, -0.15) is 0 Å². The van der Waals surface area contributed by atoms with Gasteiger partial charge in [-0.05, 0) is 58.9 Å². The summed E-state index contributed by atoms with van der Waals surface area (Å²) < 4.78 is 11.8. The maximum atomic E-state index is 6.14. The molecule has 3 aliphatic heterocycles. The first-order chi connectivity index (χ1) is 8.50. The number of nitrogens with zero attached hydrogens (tertiary/aromatic N) is 1. The lowest BCUT2D eigenvalue weighted by Gasteiger charge is -2.37. The molecule has 0 aromatic carbocycles. The number of fused-ring (bicyclic) bond motifs is 3. The summed E-state index contributed by atoms with van der Waals surface area (Å²) in [6.45, 7) is 10.6. The van der Waals surface area contributed by atoms with E-state index in [2.05, 4.69) is 25.7 Å². The van der Waals surface area contributed by atoms with Gasteiger partial charge in [0.05, 0.1) is 18.8 Å².